The summed E-state index contributed by atoms with van der Waals surface area (Å²) in [4.78, 5) is 26.9. The molecule has 4 rings (SSSR count). The highest BCUT2D eigenvalue weighted by atomic mass is 32.2. The van der Waals surface area contributed by atoms with Crippen molar-refractivity contribution in [1.82, 2.24) is 10.2 Å². The van der Waals surface area contributed by atoms with Crippen molar-refractivity contribution in [3.05, 3.63) is 59.5 Å². The highest BCUT2D eigenvalue weighted by Crippen LogP contribution is 2.39. The summed E-state index contributed by atoms with van der Waals surface area (Å²) in [5, 5.41) is 3.17. The second-order valence-corrected chi connectivity index (χ2v) is 8.97. The minimum absolute atomic E-state index is 0.00437. The predicted octanol–water partition coefficient (Wildman–Crippen LogP) is 4.90. The fourth-order valence-corrected chi connectivity index (χ4v) is 5.33. The third-order valence-corrected chi connectivity index (χ3v) is 7.03. The van der Waals surface area contributed by atoms with Crippen LogP contribution in [0.4, 0.5) is 0 Å². The van der Waals surface area contributed by atoms with Gasteiger partial charge in [-0.15, -0.1) is 11.8 Å². The number of benzene rings is 1. The van der Waals surface area contributed by atoms with E-state index in [0.717, 1.165) is 24.2 Å². The average Bonchev–Trinajstić information content (AvgIpc) is 3.35. The number of carbonyl (C=O) groups excluding carboxylic acids is 2. The van der Waals surface area contributed by atoms with Crippen LogP contribution < -0.4 is 5.32 Å². The molecule has 2 aliphatic rings. The van der Waals surface area contributed by atoms with Gasteiger partial charge in [0.25, 0.3) is 5.91 Å². The molecule has 1 N–H and O–H groups in total. The molecule has 2 fully saturated rings. The standard InChI is InChI=1S/C23H28N2O3S/c26-21-16-29-23(25(21)15-20-9-6-14-28-20)18-12-10-17(11-13-18)22(27)24-19-7-4-2-1-3-5-8-19/h6,9-14,19,23H,1-5,7-8,15-16H2,(H,24,27)/t23-/m1/s1. The lowest BCUT2D eigenvalue weighted by atomic mass is 9.96. The molecule has 0 radical (unpaired) electrons. The van der Waals surface area contributed by atoms with Crippen molar-refractivity contribution in [2.75, 3.05) is 5.75 Å². The minimum Gasteiger partial charge on any atom is -0.467 e. The van der Waals surface area contributed by atoms with E-state index in [0.29, 0.717) is 17.9 Å². The van der Waals surface area contributed by atoms with E-state index in [1.54, 1.807) is 18.0 Å². The molecular weight excluding hydrogens is 384 g/mol. The number of nitrogens with one attached hydrogen (secondary N) is 1. The van der Waals surface area contributed by atoms with Crippen molar-refractivity contribution in [2.24, 2.45) is 0 Å². The monoisotopic (exact) mass is 412 g/mol. The summed E-state index contributed by atoms with van der Waals surface area (Å²) >= 11 is 1.61. The number of amides is 2. The maximum absolute atomic E-state index is 12.7. The van der Waals surface area contributed by atoms with Gasteiger partial charge in [-0.1, -0.05) is 44.2 Å². The van der Waals surface area contributed by atoms with Crippen molar-refractivity contribution in [1.29, 1.82) is 0 Å². The molecule has 29 heavy (non-hydrogen) atoms. The molecule has 1 atom stereocenters. The molecule has 0 unspecified atom stereocenters. The Kier molecular flexibility index (Phi) is 6.60. The summed E-state index contributed by atoms with van der Waals surface area (Å²) in [7, 11) is 0. The second-order valence-electron chi connectivity index (χ2n) is 7.90. The number of nitrogens with zero attached hydrogens (tertiary/aromatic N) is 1. The minimum atomic E-state index is -0.0460. The van der Waals surface area contributed by atoms with Crippen LogP contribution in [0.15, 0.2) is 47.1 Å². The molecule has 1 aliphatic carbocycles. The van der Waals surface area contributed by atoms with E-state index in [1.165, 1.54) is 32.1 Å². The van der Waals surface area contributed by atoms with Gasteiger partial charge in [0.15, 0.2) is 0 Å². The third-order valence-electron chi connectivity index (χ3n) is 5.77. The molecule has 6 heteroatoms. The maximum atomic E-state index is 12.7. The molecule has 2 aromatic rings. The van der Waals surface area contributed by atoms with Crippen molar-refractivity contribution in [3.63, 3.8) is 0 Å². The summed E-state index contributed by atoms with van der Waals surface area (Å²) in [6.45, 7) is 0.466. The zero-order chi connectivity index (χ0) is 20.1. The number of hydrogen-bond donors (Lipinski definition) is 1. The van der Waals surface area contributed by atoms with Crippen LogP contribution >= 0.6 is 11.8 Å². The molecule has 0 spiro atoms. The topological polar surface area (TPSA) is 62.6 Å². The van der Waals surface area contributed by atoms with Gasteiger partial charge in [-0.25, -0.2) is 0 Å². The van der Waals surface area contributed by atoms with E-state index in [9.17, 15) is 9.59 Å². The van der Waals surface area contributed by atoms with E-state index in [4.69, 9.17) is 4.42 Å². The number of rotatable bonds is 5. The van der Waals surface area contributed by atoms with Crippen molar-refractivity contribution in [2.45, 2.75) is 62.9 Å². The summed E-state index contributed by atoms with van der Waals surface area (Å²) in [5.74, 6) is 1.36. The van der Waals surface area contributed by atoms with E-state index >= 15 is 0 Å². The van der Waals surface area contributed by atoms with Crippen LogP contribution in [-0.2, 0) is 11.3 Å². The summed E-state index contributed by atoms with van der Waals surface area (Å²) < 4.78 is 5.41. The summed E-state index contributed by atoms with van der Waals surface area (Å²) in [6, 6.07) is 11.7. The van der Waals surface area contributed by atoms with Gasteiger partial charge in [0, 0.05) is 11.6 Å². The first kappa shape index (κ1) is 20.1. The smallest absolute Gasteiger partial charge is 0.251 e. The molecule has 1 saturated heterocycles. The fourth-order valence-electron chi connectivity index (χ4n) is 4.14. The van der Waals surface area contributed by atoms with Crippen LogP contribution in [0.25, 0.3) is 0 Å². The molecule has 1 aromatic heterocycles. The number of thioether (sulfide) groups is 1. The van der Waals surface area contributed by atoms with Gasteiger partial charge >= 0.3 is 0 Å². The van der Waals surface area contributed by atoms with Gasteiger partial charge < -0.3 is 14.6 Å². The first-order chi connectivity index (χ1) is 14.2. The average molecular weight is 413 g/mol. The lowest BCUT2D eigenvalue weighted by Gasteiger charge is -2.24. The van der Waals surface area contributed by atoms with E-state index < -0.39 is 0 Å². The Bertz CT molecular complexity index is 811. The first-order valence-electron chi connectivity index (χ1n) is 10.5. The molecule has 154 valence electrons. The molecule has 1 saturated carbocycles. The van der Waals surface area contributed by atoms with Crippen LogP contribution in [0, 0.1) is 0 Å². The maximum Gasteiger partial charge on any atom is 0.251 e. The Morgan fingerprint density at radius 2 is 1.79 bits per heavy atom. The van der Waals surface area contributed by atoms with Crippen molar-refractivity contribution in [3.8, 4) is 0 Å². The van der Waals surface area contributed by atoms with E-state index in [1.807, 2.05) is 41.3 Å². The number of furan rings is 1. The molecular formula is C23H28N2O3S. The number of hydrogen-bond acceptors (Lipinski definition) is 4. The highest BCUT2D eigenvalue weighted by molar-refractivity contribution is 8.00. The van der Waals surface area contributed by atoms with Crippen molar-refractivity contribution >= 4 is 23.6 Å². The summed E-state index contributed by atoms with van der Waals surface area (Å²) in [6.07, 6.45) is 10.0. The second kappa shape index (κ2) is 9.53. The predicted molar refractivity (Wildman–Crippen MR) is 114 cm³/mol. The van der Waals surface area contributed by atoms with Gasteiger partial charge in [-0.05, 0) is 42.7 Å². The Balaban J connectivity index is 1.40. The molecule has 5 nitrogen and oxygen atoms in total. The van der Waals surface area contributed by atoms with Crippen LogP contribution in [0.2, 0.25) is 0 Å². The molecule has 1 aliphatic heterocycles. The fraction of sp³-hybridized carbons (Fsp3) is 0.478. The van der Waals surface area contributed by atoms with Gasteiger partial charge in [0.05, 0.1) is 18.6 Å². The van der Waals surface area contributed by atoms with E-state index in [2.05, 4.69) is 5.32 Å². The normalized spacial score (nSPS) is 21.0. The quantitative estimate of drug-likeness (QED) is 0.759. The first-order valence-corrected chi connectivity index (χ1v) is 11.6. The van der Waals surface area contributed by atoms with Gasteiger partial charge in [0.2, 0.25) is 5.91 Å². The molecule has 2 amide bonds. The largest absolute Gasteiger partial charge is 0.467 e. The lowest BCUT2D eigenvalue weighted by Crippen LogP contribution is -2.35. The van der Waals surface area contributed by atoms with Gasteiger partial charge in [-0.2, -0.15) is 0 Å². The van der Waals surface area contributed by atoms with Crippen LogP contribution in [0.3, 0.4) is 0 Å². The lowest BCUT2D eigenvalue weighted by molar-refractivity contribution is -0.128. The zero-order valence-electron chi connectivity index (χ0n) is 16.6. The van der Waals surface area contributed by atoms with Gasteiger partial charge in [0.1, 0.15) is 11.1 Å². The molecule has 1 aromatic carbocycles. The number of carbonyl (C=O) groups is 2. The zero-order valence-corrected chi connectivity index (χ0v) is 17.5. The third kappa shape index (κ3) is 5.04. The van der Waals surface area contributed by atoms with Crippen LogP contribution in [0.5, 0.6) is 0 Å². The van der Waals surface area contributed by atoms with Crippen molar-refractivity contribution < 1.29 is 14.0 Å². The Labute approximate surface area is 176 Å². The molecule has 2 heterocycles. The SMILES string of the molecule is O=C(NC1CCCCCCC1)c1ccc([C@H]2SCC(=O)N2Cc2ccco2)cc1. The summed E-state index contributed by atoms with van der Waals surface area (Å²) in [5.41, 5.74) is 1.72. The van der Waals surface area contributed by atoms with Gasteiger partial charge in [-0.3, -0.25) is 9.59 Å². The molecule has 0 bridgehead atoms. The Morgan fingerprint density at radius 3 is 2.48 bits per heavy atom. The Hall–Kier alpha value is -2.21. The Morgan fingerprint density at radius 1 is 1.07 bits per heavy atom. The van der Waals surface area contributed by atoms with Crippen LogP contribution in [-0.4, -0.2) is 28.5 Å². The highest BCUT2D eigenvalue weighted by Gasteiger charge is 2.33. The van der Waals surface area contributed by atoms with Crippen LogP contribution in [0.1, 0.15) is 72.0 Å². The van der Waals surface area contributed by atoms with E-state index in [-0.39, 0.29) is 23.2 Å².